The largest absolute Gasteiger partial charge is 0.273 e. The van der Waals surface area contributed by atoms with E-state index in [1.54, 1.807) is 16.9 Å². The molecule has 2 heterocycles. The smallest absolute Gasteiger partial charge is 0.248 e. The second-order valence-electron chi connectivity index (χ2n) is 7.08. The number of carbonyl (C=O) groups is 2. The van der Waals surface area contributed by atoms with Crippen LogP contribution in [0.1, 0.15) is 32.1 Å². The minimum Gasteiger partial charge on any atom is -0.273 e. The zero-order chi connectivity index (χ0) is 20.9. The Balaban J connectivity index is 1.39. The Morgan fingerprint density at radius 3 is 2.73 bits per heavy atom. The first-order chi connectivity index (χ1) is 14.6. The number of thioether (sulfide) groups is 1. The molecule has 0 bridgehead atoms. The fraction of sp³-hybridized carbons (Fsp3) is 0.350. The van der Waals surface area contributed by atoms with Crippen molar-refractivity contribution in [3.8, 4) is 5.69 Å². The van der Waals surface area contributed by atoms with Crippen LogP contribution in [0.3, 0.4) is 0 Å². The number of hydrogen-bond acceptors (Lipinski definition) is 6. The Morgan fingerprint density at radius 2 is 1.93 bits per heavy atom. The molecule has 0 aliphatic heterocycles. The lowest BCUT2D eigenvalue weighted by molar-refractivity contribution is -0.131. The zero-order valence-corrected chi connectivity index (χ0v) is 17.7. The van der Waals surface area contributed by atoms with Crippen LogP contribution in [-0.2, 0) is 9.59 Å². The highest BCUT2D eigenvalue weighted by Crippen LogP contribution is 2.28. The Morgan fingerprint density at radius 1 is 1.13 bits per heavy atom. The molecule has 3 aromatic rings. The molecule has 1 aromatic carbocycles. The van der Waals surface area contributed by atoms with Gasteiger partial charge in [-0.2, -0.15) is 5.10 Å². The van der Waals surface area contributed by atoms with Crippen molar-refractivity contribution in [2.75, 3.05) is 5.75 Å². The van der Waals surface area contributed by atoms with Gasteiger partial charge in [-0.1, -0.05) is 54.8 Å². The van der Waals surface area contributed by atoms with E-state index in [0.717, 1.165) is 31.1 Å². The molecule has 156 valence electrons. The molecule has 10 heteroatoms. The summed E-state index contributed by atoms with van der Waals surface area (Å²) < 4.78 is 1.65. The molecule has 8 nitrogen and oxygen atoms in total. The first-order valence-electron chi connectivity index (χ1n) is 9.78. The predicted octanol–water partition coefficient (Wildman–Crippen LogP) is 3.29. The van der Waals surface area contributed by atoms with Crippen LogP contribution in [0.4, 0.5) is 0 Å². The third kappa shape index (κ3) is 4.57. The van der Waals surface area contributed by atoms with Gasteiger partial charge < -0.3 is 0 Å². The number of carbonyl (C=O) groups excluding carboxylic acids is 2. The van der Waals surface area contributed by atoms with Crippen molar-refractivity contribution in [3.63, 3.8) is 0 Å². The van der Waals surface area contributed by atoms with Gasteiger partial charge in [0, 0.05) is 5.92 Å². The second kappa shape index (κ2) is 9.44. The first kappa shape index (κ1) is 20.6. The van der Waals surface area contributed by atoms with Crippen LogP contribution < -0.4 is 10.9 Å². The maximum Gasteiger partial charge on any atom is 0.248 e. The van der Waals surface area contributed by atoms with Gasteiger partial charge in [0.25, 0.3) is 0 Å². The van der Waals surface area contributed by atoms with Gasteiger partial charge >= 0.3 is 0 Å². The van der Waals surface area contributed by atoms with E-state index in [1.807, 2.05) is 18.2 Å². The number of halogens is 1. The van der Waals surface area contributed by atoms with Crippen molar-refractivity contribution in [3.05, 3.63) is 41.8 Å². The highest BCUT2D eigenvalue weighted by molar-refractivity contribution is 8.00. The quantitative estimate of drug-likeness (QED) is 0.355. The van der Waals surface area contributed by atoms with E-state index in [1.165, 1.54) is 24.5 Å². The molecule has 1 saturated carbocycles. The number of aromatic nitrogens is 4. The molecule has 0 unspecified atom stereocenters. The van der Waals surface area contributed by atoms with Gasteiger partial charge in [0.05, 0.1) is 28.0 Å². The molecule has 0 radical (unpaired) electrons. The fourth-order valence-electron chi connectivity index (χ4n) is 3.51. The van der Waals surface area contributed by atoms with Crippen molar-refractivity contribution >= 4 is 46.2 Å². The summed E-state index contributed by atoms with van der Waals surface area (Å²) >= 11 is 7.54. The molecule has 4 rings (SSSR count). The number of nitrogens with one attached hydrogen (secondary N) is 2. The SMILES string of the molecule is O=C(CSc1ncnc2c1cnn2-c1ccccc1Cl)NNC(=O)C1CCCCC1. The standard InChI is InChI=1S/C20H21ClN6O2S/c21-15-8-4-5-9-16(15)27-18-14(10-24-27)20(23-12-22-18)30-11-17(28)25-26-19(29)13-6-2-1-3-7-13/h4-5,8-10,12-13H,1-3,6-7,11H2,(H,25,28)(H,26,29). The highest BCUT2D eigenvalue weighted by Gasteiger charge is 2.21. The van der Waals surface area contributed by atoms with Crippen molar-refractivity contribution in [2.24, 2.45) is 5.92 Å². The van der Waals surface area contributed by atoms with Crippen molar-refractivity contribution in [1.29, 1.82) is 0 Å². The summed E-state index contributed by atoms with van der Waals surface area (Å²) in [6, 6.07) is 7.36. The average molecular weight is 445 g/mol. The molecular weight excluding hydrogens is 424 g/mol. The van der Waals surface area contributed by atoms with Crippen molar-refractivity contribution in [2.45, 2.75) is 37.1 Å². The monoisotopic (exact) mass is 444 g/mol. The van der Waals surface area contributed by atoms with E-state index < -0.39 is 0 Å². The number of para-hydroxylation sites is 1. The number of hydrazine groups is 1. The number of benzene rings is 1. The lowest BCUT2D eigenvalue weighted by atomic mass is 9.89. The summed E-state index contributed by atoms with van der Waals surface area (Å²) in [5.41, 5.74) is 6.36. The van der Waals surface area contributed by atoms with E-state index in [0.29, 0.717) is 21.4 Å². The lowest BCUT2D eigenvalue weighted by Gasteiger charge is -2.20. The van der Waals surface area contributed by atoms with Gasteiger partial charge in [-0.05, 0) is 25.0 Å². The molecule has 0 spiro atoms. The summed E-state index contributed by atoms with van der Waals surface area (Å²) in [4.78, 5) is 32.9. The number of nitrogens with zero attached hydrogens (tertiary/aromatic N) is 4. The van der Waals surface area contributed by atoms with Crippen molar-refractivity contribution < 1.29 is 9.59 Å². The summed E-state index contributed by atoms with van der Waals surface area (Å²) in [5.74, 6) is -0.314. The molecule has 1 fully saturated rings. The van der Waals surface area contributed by atoms with Crippen LogP contribution >= 0.6 is 23.4 Å². The van der Waals surface area contributed by atoms with Crippen LogP contribution in [0.15, 0.2) is 41.8 Å². The molecule has 2 aromatic heterocycles. The van der Waals surface area contributed by atoms with E-state index in [2.05, 4.69) is 25.9 Å². The zero-order valence-electron chi connectivity index (χ0n) is 16.2. The van der Waals surface area contributed by atoms with Crippen LogP contribution in [-0.4, -0.2) is 37.3 Å². The molecule has 30 heavy (non-hydrogen) atoms. The number of hydrogen-bond donors (Lipinski definition) is 2. The molecule has 1 aliphatic rings. The van der Waals surface area contributed by atoms with Gasteiger partial charge in [-0.25, -0.2) is 14.6 Å². The summed E-state index contributed by atoms with van der Waals surface area (Å²) in [5, 5.41) is 6.30. The molecule has 2 amide bonds. The number of rotatable bonds is 5. The Labute approximate surface area is 182 Å². The minimum atomic E-state index is -0.297. The lowest BCUT2D eigenvalue weighted by Crippen LogP contribution is -2.45. The minimum absolute atomic E-state index is 0.0103. The van der Waals surface area contributed by atoms with Crippen LogP contribution in [0.2, 0.25) is 5.02 Å². The third-order valence-corrected chi connectivity index (χ3v) is 6.38. The summed E-state index contributed by atoms with van der Waals surface area (Å²) in [7, 11) is 0. The van der Waals surface area contributed by atoms with Crippen LogP contribution in [0, 0.1) is 5.92 Å². The van der Waals surface area contributed by atoms with Gasteiger partial charge in [0.15, 0.2) is 5.65 Å². The maximum absolute atomic E-state index is 12.2. The summed E-state index contributed by atoms with van der Waals surface area (Å²) in [6.07, 6.45) is 8.15. The molecule has 0 saturated heterocycles. The molecule has 0 atom stereocenters. The fourth-order valence-corrected chi connectivity index (χ4v) is 4.48. The Kier molecular flexibility index (Phi) is 6.49. The predicted molar refractivity (Wildman–Crippen MR) is 115 cm³/mol. The average Bonchev–Trinajstić information content (AvgIpc) is 3.21. The van der Waals surface area contributed by atoms with Gasteiger partial charge in [0.2, 0.25) is 11.8 Å². The van der Waals surface area contributed by atoms with E-state index in [9.17, 15) is 9.59 Å². The van der Waals surface area contributed by atoms with E-state index >= 15 is 0 Å². The molecule has 1 aliphatic carbocycles. The van der Waals surface area contributed by atoms with Gasteiger partial charge in [0.1, 0.15) is 11.4 Å². The third-order valence-electron chi connectivity index (χ3n) is 5.05. The van der Waals surface area contributed by atoms with Crippen LogP contribution in [0.5, 0.6) is 0 Å². The van der Waals surface area contributed by atoms with Crippen molar-refractivity contribution in [1.82, 2.24) is 30.6 Å². The maximum atomic E-state index is 12.2. The summed E-state index contributed by atoms with van der Waals surface area (Å²) in [6.45, 7) is 0. The number of fused-ring (bicyclic) bond motifs is 1. The van der Waals surface area contributed by atoms with E-state index in [-0.39, 0.29) is 23.5 Å². The van der Waals surface area contributed by atoms with E-state index in [4.69, 9.17) is 11.6 Å². The first-order valence-corrected chi connectivity index (χ1v) is 11.1. The Hall–Kier alpha value is -2.65. The van der Waals surface area contributed by atoms with Gasteiger partial charge in [-0.15, -0.1) is 0 Å². The normalized spacial score (nSPS) is 14.6. The second-order valence-corrected chi connectivity index (χ2v) is 8.46. The molecule has 2 N–H and O–H groups in total. The van der Waals surface area contributed by atoms with Crippen LogP contribution in [0.25, 0.3) is 16.7 Å². The molecular formula is C20H21ClN6O2S. The highest BCUT2D eigenvalue weighted by atomic mass is 35.5. The topological polar surface area (TPSA) is 102 Å². The van der Waals surface area contributed by atoms with Gasteiger partial charge in [-0.3, -0.25) is 20.4 Å². The number of amides is 2. The Bertz CT molecular complexity index is 1070.